The predicted octanol–water partition coefficient (Wildman–Crippen LogP) is 4.63. The first-order valence-corrected chi connectivity index (χ1v) is 9.47. The molecule has 1 unspecified atom stereocenters. The number of H-pyrrole nitrogens is 1. The Hall–Kier alpha value is -3.60. The van der Waals surface area contributed by atoms with Crippen LogP contribution in [0.3, 0.4) is 0 Å². The highest BCUT2D eigenvalue weighted by Crippen LogP contribution is 2.30. The second kappa shape index (κ2) is 8.61. The van der Waals surface area contributed by atoms with Crippen molar-refractivity contribution in [2.45, 2.75) is 5.92 Å². The number of hydrogen-bond acceptors (Lipinski definition) is 2. The highest BCUT2D eigenvalue weighted by molar-refractivity contribution is 5.84. The largest absolute Gasteiger partial charge is 0.484 e. The number of hydrogen-bond donors (Lipinski definition) is 2. The molecular weight excluding hydrogens is 367 g/mol. The third kappa shape index (κ3) is 4.46. The summed E-state index contributed by atoms with van der Waals surface area (Å²) in [5.74, 6) is -0.330. The van der Waals surface area contributed by atoms with E-state index < -0.39 is 5.82 Å². The smallest absolute Gasteiger partial charge is 0.257 e. The third-order valence-corrected chi connectivity index (χ3v) is 4.87. The van der Waals surface area contributed by atoms with Crippen molar-refractivity contribution in [2.75, 3.05) is 13.2 Å². The molecule has 1 amide bonds. The lowest BCUT2D eigenvalue weighted by atomic mass is 9.91. The van der Waals surface area contributed by atoms with Crippen molar-refractivity contribution in [3.05, 3.63) is 102 Å². The first-order chi connectivity index (χ1) is 14.2. The molecule has 0 aliphatic rings. The number of aromatic nitrogens is 1. The van der Waals surface area contributed by atoms with Crippen molar-refractivity contribution in [1.29, 1.82) is 0 Å². The van der Waals surface area contributed by atoms with E-state index in [4.69, 9.17) is 4.74 Å². The summed E-state index contributed by atoms with van der Waals surface area (Å²) >= 11 is 0. The fourth-order valence-corrected chi connectivity index (χ4v) is 3.45. The summed E-state index contributed by atoms with van der Waals surface area (Å²) in [4.78, 5) is 15.6. The Morgan fingerprint density at radius 3 is 2.62 bits per heavy atom. The molecule has 0 radical (unpaired) electrons. The zero-order valence-corrected chi connectivity index (χ0v) is 15.8. The number of para-hydroxylation sites is 1. The highest BCUT2D eigenvalue weighted by atomic mass is 19.1. The minimum absolute atomic E-state index is 0.00882. The van der Waals surface area contributed by atoms with Gasteiger partial charge in [-0.05, 0) is 29.3 Å². The van der Waals surface area contributed by atoms with E-state index in [-0.39, 0.29) is 18.4 Å². The van der Waals surface area contributed by atoms with Crippen LogP contribution in [0.1, 0.15) is 17.0 Å². The average molecular weight is 388 g/mol. The number of ether oxygens (including phenoxy) is 1. The van der Waals surface area contributed by atoms with Gasteiger partial charge in [-0.1, -0.05) is 54.6 Å². The zero-order valence-electron chi connectivity index (χ0n) is 15.8. The van der Waals surface area contributed by atoms with Gasteiger partial charge in [0.25, 0.3) is 5.91 Å². The van der Waals surface area contributed by atoms with Crippen molar-refractivity contribution in [2.24, 2.45) is 0 Å². The van der Waals surface area contributed by atoms with Gasteiger partial charge in [-0.25, -0.2) is 4.39 Å². The average Bonchev–Trinajstić information content (AvgIpc) is 3.17. The topological polar surface area (TPSA) is 54.1 Å². The van der Waals surface area contributed by atoms with Gasteiger partial charge >= 0.3 is 0 Å². The Bertz CT molecular complexity index is 1110. The molecule has 0 bridgehead atoms. The molecule has 5 heteroatoms. The van der Waals surface area contributed by atoms with Crippen LogP contribution in [-0.2, 0) is 4.79 Å². The minimum atomic E-state index is -0.397. The Kier molecular flexibility index (Phi) is 5.56. The number of amides is 1. The Labute approximate surface area is 168 Å². The highest BCUT2D eigenvalue weighted by Gasteiger charge is 2.19. The number of carbonyl (C=O) groups is 1. The van der Waals surface area contributed by atoms with Crippen LogP contribution in [0.15, 0.2) is 85.1 Å². The standard InChI is InChI=1S/C24H21FN2O2/c25-18-9-6-10-19(13-18)29-16-24(28)27-14-21(17-7-2-1-3-8-17)22-15-26-23-12-5-4-11-20(22)23/h1-13,15,21,26H,14,16H2,(H,27,28). The normalized spacial score (nSPS) is 11.9. The van der Waals surface area contributed by atoms with Crippen LogP contribution in [0.4, 0.5) is 4.39 Å². The number of benzene rings is 3. The van der Waals surface area contributed by atoms with E-state index in [2.05, 4.69) is 28.5 Å². The summed E-state index contributed by atoms with van der Waals surface area (Å²) in [7, 11) is 0. The molecule has 4 nitrogen and oxygen atoms in total. The monoisotopic (exact) mass is 388 g/mol. The van der Waals surface area contributed by atoms with Crippen molar-refractivity contribution in [3.8, 4) is 5.75 Å². The molecule has 1 aromatic heterocycles. The van der Waals surface area contributed by atoms with E-state index in [0.717, 1.165) is 22.0 Å². The molecule has 2 N–H and O–H groups in total. The molecule has 146 valence electrons. The Balaban J connectivity index is 1.48. The second-order valence-corrected chi connectivity index (χ2v) is 6.80. The van der Waals surface area contributed by atoms with E-state index in [1.165, 1.54) is 12.1 Å². The number of carbonyl (C=O) groups excluding carboxylic acids is 1. The number of nitrogens with one attached hydrogen (secondary N) is 2. The van der Waals surface area contributed by atoms with Gasteiger partial charge < -0.3 is 15.0 Å². The van der Waals surface area contributed by atoms with Gasteiger partial charge in [0.2, 0.25) is 0 Å². The Morgan fingerprint density at radius 1 is 1.00 bits per heavy atom. The quantitative estimate of drug-likeness (QED) is 0.485. The van der Waals surface area contributed by atoms with Gasteiger partial charge in [0, 0.05) is 35.6 Å². The van der Waals surface area contributed by atoms with Crippen LogP contribution >= 0.6 is 0 Å². The van der Waals surface area contributed by atoms with E-state index >= 15 is 0 Å². The summed E-state index contributed by atoms with van der Waals surface area (Å²) in [6.07, 6.45) is 2.00. The third-order valence-electron chi connectivity index (χ3n) is 4.87. The van der Waals surface area contributed by atoms with Crippen molar-refractivity contribution < 1.29 is 13.9 Å². The molecule has 1 heterocycles. The molecule has 4 aromatic rings. The van der Waals surface area contributed by atoms with Gasteiger partial charge in [-0.15, -0.1) is 0 Å². The molecule has 0 saturated heterocycles. The molecule has 0 saturated carbocycles. The number of rotatable bonds is 7. The van der Waals surface area contributed by atoms with Crippen LogP contribution in [0.5, 0.6) is 5.75 Å². The van der Waals surface area contributed by atoms with Crippen molar-refractivity contribution >= 4 is 16.8 Å². The van der Waals surface area contributed by atoms with Crippen LogP contribution < -0.4 is 10.1 Å². The molecule has 0 aliphatic heterocycles. The van der Waals surface area contributed by atoms with Crippen molar-refractivity contribution in [3.63, 3.8) is 0 Å². The molecule has 29 heavy (non-hydrogen) atoms. The lowest BCUT2D eigenvalue weighted by Crippen LogP contribution is -2.32. The van der Waals surface area contributed by atoms with Gasteiger partial charge in [0.05, 0.1) is 0 Å². The van der Waals surface area contributed by atoms with E-state index in [1.807, 2.05) is 42.6 Å². The molecule has 0 aliphatic carbocycles. The van der Waals surface area contributed by atoms with Gasteiger partial charge in [-0.2, -0.15) is 0 Å². The maximum Gasteiger partial charge on any atom is 0.257 e. The van der Waals surface area contributed by atoms with Gasteiger partial charge in [0.15, 0.2) is 6.61 Å². The lowest BCUT2D eigenvalue weighted by molar-refractivity contribution is -0.123. The fraction of sp³-hybridized carbons (Fsp3) is 0.125. The van der Waals surface area contributed by atoms with Crippen LogP contribution in [0.25, 0.3) is 10.9 Å². The molecule has 4 rings (SSSR count). The number of halogens is 1. The molecule has 1 atom stereocenters. The predicted molar refractivity (Wildman–Crippen MR) is 111 cm³/mol. The summed E-state index contributed by atoms with van der Waals surface area (Å²) < 4.78 is 18.6. The first-order valence-electron chi connectivity index (χ1n) is 9.47. The summed E-state index contributed by atoms with van der Waals surface area (Å²) in [6, 6.07) is 23.9. The summed E-state index contributed by atoms with van der Waals surface area (Å²) in [6.45, 7) is 0.260. The summed E-state index contributed by atoms with van der Waals surface area (Å²) in [5.41, 5.74) is 3.30. The Morgan fingerprint density at radius 2 is 1.79 bits per heavy atom. The minimum Gasteiger partial charge on any atom is -0.484 e. The lowest BCUT2D eigenvalue weighted by Gasteiger charge is -2.18. The molecule has 3 aromatic carbocycles. The van der Waals surface area contributed by atoms with E-state index in [9.17, 15) is 9.18 Å². The van der Waals surface area contributed by atoms with Crippen LogP contribution in [0.2, 0.25) is 0 Å². The maximum absolute atomic E-state index is 13.2. The van der Waals surface area contributed by atoms with Gasteiger partial charge in [0.1, 0.15) is 11.6 Å². The fourth-order valence-electron chi connectivity index (χ4n) is 3.45. The van der Waals surface area contributed by atoms with E-state index in [1.54, 1.807) is 12.1 Å². The number of fused-ring (bicyclic) bond motifs is 1. The van der Waals surface area contributed by atoms with Crippen LogP contribution in [0, 0.1) is 5.82 Å². The van der Waals surface area contributed by atoms with Crippen LogP contribution in [-0.4, -0.2) is 24.0 Å². The molecular formula is C24H21FN2O2. The van der Waals surface area contributed by atoms with E-state index in [0.29, 0.717) is 12.3 Å². The second-order valence-electron chi connectivity index (χ2n) is 6.80. The first kappa shape index (κ1) is 18.7. The molecule has 0 fully saturated rings. The number of aromatic amines is 1. The summed E-state index contributed by atoms with van der Waals surface area (Å²) in [5, 5.41) is 4.08. The zero-order chi connectivity index (χ0) is 20.1. The van der Waals surface area contributed by atoms with Crippen molar-refractivity contribution in [1.82, 2.24) is 10.3 Å². The SMILES string of the molecule is O=C(COc1cccc(F)c1)NCC(c1ccccc1)c1c[nH]c2ccccc12. The molecule has 0 spiro atoms. The maximum atomic E-state index is 13.2. The van der Waals surface area contributed by atoms with Gasteiger partial charge in [-0.3, -0.25) is 4.79 Å².